The average Bonchev–Trinajstić information content (AvgIpc) is 2.32. The number of hydrogen-bond donors (Lipinski definition) is 1. The zero-order valence-corrected chi connectivity index (χ0v) is 12.1. The van der Waals surface area contributed by atoms with Crippen LogP contribution in [0.1, 0.15) is 22.7 Å². The van der Waals surface area contributed by atoms with Crippen LogP contribution in [0.3, 0.4) is 0 Å². The van der Waals surface area contributed by atoms with Crippen LogP contribution in [0, 0.1) is 12.7 Å². The highest BCUT2D eigenvalue weighted by Crippen LogP contribution is 2.27. The molecule has 2 aromatic carbocycles. The number of halogens is 3. The molecule has 0 amide bonds. The smallest absolute Gasteiger partial charge is 0.129 e. The largest absolute Gasteiger partial charge is 0.320 e. The van der Waals surface area contributed by atoms with E-state index in [1.165, 1.54) is 6.07 Å². The zero-order chi connectivity index (χ0) is 13.3. The van der Waals surface area contributed by atoms with Gasteiger partial charge in [0.05, 0.1) is 6.04 Å². The van der Waals surface area contributed by atoms with Gasteiger partial charge in [0.2, 0.25) is 0 Å². The zero-order valence-electron chi connectivity index (χ0n) is 9.75. The van der Waals surface area contributed by atoms with Gasteiger partial charge in [0.15, 0.2) is 0 Å². The van der Waals surface area contributed by atoms with Crippen molar-refractivity contribution in [2.75, 3.05) is 0 Å². The van der Waals surface area contributed by atoms with Crippen LogP contribution < -0.4 is 5.73 Å². The molecule has 1 atom stereocenters. The molecular formula is C14H12BrClFN. The van der Waals surface area contributed by atoms with Crippen molar-refractivity contribution in [3.8, 4) is 0 Å². The lowest BCUT2D eigenvalue weighted by molar-refractivity contribution is 0.599. The molecule has 2 N–H and O–H groups in total. The lowest BCUT2D eigenvalue weighted by Crippen LogP contribution is -2.13. The third kappa shape index (κ3) is 2.74. The van der Waals surface area contributed by atoms with Gasteiger partial charge in [-0.3, -0.25) is 0 Å². The molecule has 0 aliphatic heterocycles. The minimum Gasteiger partial charge on any atom is -0.320 e. The minimum atomic E-state index is -0.492. The molecule has 2 aromatic rings. The highest BCUT2D eigenvalue weighted by molar-refractivity contribution is 9.10. The lowest BCUT2D eigenvalue weighted by atomic mass is 9.98. The third-order valence-electron chi connectivity index (χ3n) is 2.84. The van der Waals surface area contributed by atoms with Crippen LogP contribution in [0.15, 0.2) is 40.9 Å². The highest BCUT2D eigenvalue weighted by Gasteiger charge is 2.14. The van der Waals surface area contributed by atoms with E-state index in [4.69, 9.17) is 17.3 Å². The Labute approximate surface area is 119 Å². The maximum Gasteiger partial charge on any atom is 0.129 e. The van der Waals surface area contributed by atoms with Gasteiger partial charge < -0.3 is 5.73 Å². The van der Waals surface area contributed by atoms with Gasteiger partial charge in [-0.25, -0.2) is 4.39 Å². The first-order valence-corrected chi connectivity index (χ1v) is 6.62. The molecule has 0 fully saturated rings. The first kappa shape index (κ1) is 13.5. The van der Waals surface area contributed by atoms with E-state index in [-0.39, 0.29) is 5.82 Å². The van der Waals surface area contributed by atoms with E-state index in [9.17, 15) is 4.39 Å². The molecule has 0 aliphatic rings. The third-order valence-corrected chi connectivity index (χ3v) is 3.96. The van der Waals surface area contributed by atoms with Crippen LogP contribution in [-0.2, 0) is 0 Å². The molecule has 2 rings (SSSR count). The van der Waals surface area contributed by atoms with Crippen molar-refractivity contribution < 1.29 is 4.39 Å². The predicted molar refractivity (Wildman–Crippen MR) is 76.3 cm³/mol. The van der Waals surface area contributed by atoms with Gasteiger partial charge in [-0.15, -0.1) is 0 Å². The summed E-state index contributed by atoms with van der Waals surface area (Å²) < 4.78 is 14.8. The molecule has 0 aromatic heterocycles. The van der Waals surface area contributed by atoms with Gasteiger partial charge in [-0.05, 0) is 36.2 Å². The number of hydrogen-bond acceptors (Lipinski definition) is 1. The maximum absolute atomic E-state index is 13.8. The topological polar surface area (TPSA) is 26.0 Å². The van der Waals surface area contributed by atoms with Crippen LogP contribution >= 0.6 is 27.5 Å². The van der Waals surface area contributed by atoms with E-state index in [2.05, 4.69) is 15.9 Å². The Balaban J connectivity index is 2.41. The van der Waals surface area contributed by atoms with E-state index in [0.29, 0.717) is 10.6 Å². The first-order valence-electron chi connectivity index (χ1n) is 5.45. The number of aryl methyl sites for hydroxylation is 1. The van der Waals surface area contributed by atoms with Crippen LogP contribution in [0.2, 0.25) is 5.02 Å². The van der Waals surface area contributed by atoms with E-state index in [1.54, 1.807) is 12.1 Å². The Morgan fingerprint density at radius 2 is 1.94 bits per heavy atom. The molecule has 94 valence electrons. The molecule has 0 saturated carbocycles. The van der Waals surface area contributed by atoms with Gasteiger partial charge in [0.25, 0.3) is 0 Å². The summed E-state index contributed by atoms with van der Waals surface area (Å²) in [5.41, 5.74) is 8.47. The highest BCUT2D eigenvalue weighted by atomic mass is 79.9. The number of nitrogens with two attached hydrogens (primary N) is 1. The van der Waals surface area contributed by atoms with Crippen molar-refractivity contribution in [3.63, 3.8) is 0 Å². The van der Waals surface area contributed by atoms with Crippen LogP contribution in [-0.4, -0.2) is 0 Å². The summed E-state index contributed by atoms with van der Waals surface area (Å²) in [6, 6.07) is 9.80. The molecule has 1 nitrogen and oxygen atoms in total. The molecule has 0 saturated heterocycles. The monoisotopic (exact) mass is 327 g/mol. The Morgan fingerprint density at radius 3 is 2.56 bits per heavy atom. The van der Waals surface area contributed by atoms with Gasteiger partial charge in [-0.1, -0.05) is 45.7 Å². The first-order chi connectivity index (χ1) is 8.49. The molecule has 4 heteroatoms. The predicted octanol–water partition coefficient (Wildman–Crippen LogP) is 4.60. The molecule has 0 aliphatic carbocycles. The summed E-state index contributed by atoms with van der Waals surface area (Å²) in [6.07, 6.45) is 0. The van der Waals surface area contributed by atoms with Crippen molar-refractivity contribution in [3.05, 3.63) is 68.4 Å². The Hall–Kier alpha value is -0.900. The van der Waals surface area contributed by atoms with Crippen molar-refractivity contribution in [2.45, 2.75) is 13.0 Å². The minimum absolute atomic E-state index is 0.371. The van der Waals surface area contributed by atoms with Crippen molar-refractivity contribution in [1.29, 1.82) is 0 Å². The quantitative estimate of drug-likeness (QED) is 0.856. The van der Waals surface area contributed by atoms with Crippen LogP contribution in [0.4, 0.5) is 4.39 Å². The molecule has 1 unspecified atom stereocenters. The fraction of sp³-hybridized carbons (Fsp3) is 0.143. The van der Waals surface area contributed by atoms with Gasteiger partial charge in [-0.2, -0.15) is 0 Å². The molecule has 0 spiro atoms. The lowest BCUT2D eigenvalue weighted by Gasteiger charge is -2.15. The second kappa shape index (κ2) is 5.39. The van der Waals surface area contributed by atoms with E-state index in [1.807, 2.05) is 25.1 Å². The van der Waals surface area contributed by atoms with E-state index < -0.39 is 6.04 Å². The molecule has 18 heavy (non-hydrogen) atoms. The summed E-state index contributed by atoms with van der Waals surface area (Å²) in [6.45, 7) is 1.97. The molecule has 0 heterocycles. The van der Waals surface area contributed by atoms with Gasteiger partial charge in [0, 0.05) is 15.1 Å². The van der Waals surface area contributed by atoms with Crippen LogP contribution in [0.25, 0.3) is 0 Å². The second-order valence-corrected chi connectivity index (χ2v) is 5.44. The fourth-order valence-electron chi connectivity index (χ4n) is 1.79. The fourth-order valence-corrected chi connectivity index (χ4v) is 2.20. The number of rotatable bonds is 2. The van der Waals surface area contributed by atoms with Crippen molar-refractivity contribution in [2.24, 2.45) is 5.73 Å². The molecular weight excluding hydrogens is 317 g/mol. The Kier molecular flexibility index (Phi) is 4.05. The maximum atomic E-state index is 13.8. The van der Waals surface area contributed by atoms with Crippen molar-refractivity contribution >= 4 is 27.5 Å². The molecule has 0 radical (unpaired) electrons. The Bertz CT molecular complexity index is 586. The van der Waals surface area contributed by atoms with Gasteiger partial charge >= 0.3 is 0 Å². The van der Waals surface area contributed by atoms with E-state index >= 15 is 0 Å². The summed E-state index contributed by atoms with van der Waals surface area (Å²) in [5.74, 6) is -0.379. The Morgan fingerprint density at radius 1 is 1.22 bits per heavy atom. The molecule has 0 bridgehead atoms. The SMILES string of the molecule is Cc1cc(C(N)c2ccc(Cl)cc2F)ccc1Br. The standard InChI is InChI=1S/C14H12BrClFN/c1-8-6-9(2-5-12(8)15)14(18)11-4-3-10(16)7-13(11)17/h2-7,14H,18H2,1H3. The average molecular weight is 329 g/mol. The summed E-state index contributed by atoms with van der Waals surface area (Å²) in [7, 11) is 0. The summed E-state index contributed by atoms with van der Waals surface area (Å²) >= 11 is 9.15. The van der Waals surface area contributed by atoms with Crippen molar-refractivity contribution in [1.82, 2.24) is 0 Å². The normalized spacial score (nSPS) is 12.5. The van der Waals surface area contributed by atoms with Gasteiger partial charge in [0.1, 0.15) is 5.82 Å². The number of benzene rings is 2. The second-order valence-electron chi connectivity index (χ2n) is 4.15. The van der Waals surface area contributed by atoms with E-state index in [0.717, 1.165) is 15.6 Å². The van der Waals surface area contributed by atoms with Crippen LogP contribution in [0.5, 0.6) is 0 Å². The summed E-state index contributed by atoms with van der Waals surface area (Å²) in [4.78, 5) is 0. The summed E-state index contributed by atoms with van der Waals surface area (Å²) in [5, 5.41) is 0.371.